The van der Waals surface area contributed by atoms with E-state index in [4.69, 9.17) is 4.74 Å². The lowest BCUT2D eigenvalue weighted by atomic mass is 9.79. The van der Waals surface area contributed by atoms with E-state index in [2.05, 4.69) is 34.9 Å². The first-order valence-corrected chi connectivity index (χ1v) is 12.6. The van der Waals surface area contributed by atoms with Gasteiger partial charge < -0.3 is 20.5 Å². The summed E-state index contributed by atoms with van der Waals surface area (Å²) in [5, 5.41) is 15.1. The summed E-state index contributed by atoms with van der Waals surface area (Å²) in [4.78, 5) is 36.5. The largest absolute Gasteiger partial charge is 0.481 e. The summed E-state index contributed by atoms with van der Waals surface area (Å²) in [7, 11) is 0. The Hall–Kier alpha value is -3.35. The lowest BCUT2D eigenvalue weighted by molar-refractivity contribution is -0.145. The van der Waals surface area contributed by atoms with Crippen LogP contribution in [0, 0.1) is 11.8 Å². The number of hydrogen-bond acceptors (Lipinski definition) is 4. The van der Waals surface area contributed by atoms with Gasteiger partial charge in [0.25, 0.3) is 0 Å². The molecule has 7 heteroatoms. The fourth-order valence-electron chi connectivity index (χ4n) is 5.42. The predicted octanol–water partition coefficient (Wildman–Crippen LogP) is 4.70. The molecular weight excluding hydrogens is 444 g/mol. The second-order valence-corrected chi connectivity index (χ2v) is 9.57. The van der Waals surface area contributed by atoms with Crippen molar-refractivity contribution in [3.05, 3.63) is 59.7 Å². The summed E-state index contributed by atoms with van der Waals surface area (Å²) < 4.78 is 5.60. The molecule has 2 aromatic rings. The molecule has 0 aromatic heterocycles. The van der Waals surface area contributed by atoms with Crippen LogP contribution in [0.15, 0.2) is 48.5 Å². The van der Waals surface area contributed by atoms with Gasteiger partial charge in [0.2, 0.25) is 5.91 Å². The minimum Gasteiger partial charge on any atom is -0.481 e. The van der Waals surface area contributed by atoms with Crippen molar-refractivity contribution >= 4 is 18.0 Å². The van der Waals surface area contributed by atoms with Crippen molar-refractivity contribution < 1.29 is 24.2 Å². The Kier molecular flexibility index (Phi) is 8.06. The summed E-state index contributed by atoms with van der Waals surface area (Å²) >= 11 is 0. The molecule has 2 aliphatic rings. The molecule has 0 spiro atoms. The highest BCUT2D eigenvalue weighted by Gasteiger charge is 2.31. The van der Waals surface area contributed by atoms with Crippen LogP contribution in [0.4, 0.5) is 4.79 Å². The number of aliphatic carboxylic acids is 1. The first kappa shape index (κ1) is 24.8. The fourth-order valence-corrected chi connectivity index (χ4v) is 5.42. The van der Waals surface area contributed by atoms with E-state index >= 15 is 0 Å². The van der Waals surface area contributed by atoms with Gasteiger partial charge in [-0.15, -0.1) is 0 Å². The third-order valence-electron chi connectivity index (χ3n) is 7.38. The van der Waals surface area contributed by atoms with Crippen LogP contribution in [-0.2, 0) is 14.3 Å². The van der Waals surface area contributed by atoms with Crippen LogP contribution >= 0.6 is 0 Å². The van der Waals surface area contributed by atoms with E-state index in [1.165, 1.54) is 11.1 Å². The van der Waals surface area contributed by atoms with Crippen LogP contribution in [0.1, 0.15) is 62.5 Å². The molecule has 0 heterocycles. The number of ether oxygens (including phenoxy) is 1. The number of alkyl carbamates (subject to hydrolysis) is 1. The van der Waals surface area contributed by atoms with E-state index in [1.54, 1.807) is 0 Å². The van der Waals surface area contributed by atoms with E-state index in [0.717, 1.165) is 30.4 Å². The number of benzene rings is 2. The molecule has 1 saturated carbocycles. The molecule has 4 rings (SSSR count). The third kappa shape index (κ3) is 5.84. The minimum atomic E-state index is -0.785. The standard InChI is InChI=1S/C28H34N2O5/c1-2-19(15-26(31)29-16-18-9-3-4-10-20(18)27(32)33)30-28(34)35-17-25-23-13-7-5-11-21(23)22-12-6-8-14-24(22)25/h5-8,11-14,18-20,25H,2-4,9-10,15-17H2,1H3,(H,29,31)(H,30,34)(H,32,33)/t18-,19-,20-/m0/s1. The number of carboxylic acids is 1. The molecule has 2 aliphatic carbocycles. The summed E-state index contributed by atoms with van der Waals surface area (Å²) in [6.07, 6.45) is 3.56. The summed E-state index contributed by atoms with van der Waals surface area (Å²) in [6, 6.07) is 16.0. The molecular formula is C28H34N2O5. The van der Waals surface area contributed by atoms with E-state index in [0.29, 0.717) is 19.4 Å². The van der Waals surface area contributed by atoms with Crippen LogP contribution in [-0.4, -0.2) is 42.3 Å². The minimum absolute atomic E-state index is 0.0193. The van der Waals surface area contributed by atoms with Crippen LogP contribution in [0.5, 0.6) is 0 Å². The molecule has 2 aromatic carbocycles. The second kappa shape index (κ2) is 11.4. The third-order valence-corrected chi connectivity index (χ3v) is 7.38. The number of hydrogen-bond donors (Lipinski definition) is 3. The number of carbonyl (C=O) groups is 3. The highest BCUT2D eigenvalue weighted by molar-refractivity contribution is 5.79. The predicted molar refractivity (Wildman–Crippen MR) is 133 cm³/mol. The van der Waals surface area contributed by atoms with Crippen molar-refractivity contribution in [2.75, 3.05) is 13.2 Å². The second-order valence-electron chi connectivity index (χ2n) is 9.57. The Labute approximate surface area is 206 Å². The van der Waals surface area contributed by atoms with Gasteiger partial charge in [-0.3, -0.25) is 9.59 Å². The van der Waals surface area contributed by atoms with Gasteiger partial charge in [0.1, 0.15) is 6.61 Å². The van der Waals surface area contributed by atoms with Crippen molar-refractivity contribution in [3.63, 3.8) is 0 Å². The average Bonchev–Trinajstić information content (AvgIpc) is 3.19. The van der Waals surface area contributed by atoms with Gasteiger partial charge in [-0.05, 0) is 47.4 Å². The lowest BCUT2D eigenvalue weighted by Gasteiger charge is -2.28. The molecule has 35 heavy (non-hydrogen) atoms. The van der Waals surface area contributed by atoms with Gasteiger partial charge >= 0.3 is 12.1 Å². The molecule has 0 saturated heterocycles. The van der Waals surface area contributed by atoms with E-state index in [-0.39, 0.29) is 36.8 Å². The molecule has 2 amide bonds. The van der Waals surface area contributed by atoms with E-state index < -0.39 is 18.0 Å². The highest BCUT2D eigenvalue weighted by Crippen LogP contribution is 2.44. The van der Waals surface area contributed by atoms with Crippen LogP contribution in [0.3, 0.4) is 0 Å². The number of rotatable bonds is 9. The Morgan fingerprint density at radius 3 is 2.26 bits per heavy atom. The lowest BCUT2D eigenvalue weighted by Crippen LogP contribution is -2.42. The SMILES string of the molecule is CC[C@@H](CC(=O)NC[C@@H]1CCCC[C@@H]1C(=O)O)NC(=O)OCC1c2ccccc2-c2ccccc21. The summed E-state index contributed by atoms with van der Waals surface area (Å²) in [5.74, 6) is -1.43. The van der Waals surface area contributed by atoms with Gasteiger partial charge in [-0.1, -0.05) is 68.3 Å². The van der Waals surface area contributed by atoms with Gasteiger partial charge in [0, 0.05) is 24.9 Å². The Bertz CT molecular complexity index is 1020. The normalized spacial score (nSPS) is 19.8. The van der Waals surface area contributed by atoms with Gasteiger partial charge in [0.05, 0.1) is 5.92 Å². The summed E-state index contributed by atoms with van der Waals surface area (Å²) in [5.41, 5.74) is 4.64. The van der Waals surface area contributed by atoms with Crippen molar-refractivity contribution in [2.45, 2.75) is 57.4 Å². The Morgan fingerprint density at radius 2 is 1.63 bits per heavy atom. The van der Waals surface area contributed by atoms with Crippen LogP contribution in [0.2, 0.25) is 0 Å². The van der Waals surface area contributed by atoms with Crippen molar-refractivity contribution in [3.8, 4) is 11.1 Å². The molecule has 1 fully saturated rings. The molecule has 0 unspecified atom stereocenters. The van der Waals surface area contributed by atoms with E-state index in [1.807, 2.05) is 31.2 Å². The number of carbonyl (C=O) groups excluding carboxylic acids is 2. The van der Waals surface area contributed by atoms with Gasteiger partial charge in [-0.25, -0.2) is 4.79 Å². The Morgan fingerprint density at radius 1 is 1.00 bits per heavy atom. The zero-order valence-corrected chi connectivity index (χ0v) is 20.2. The Balaban J connectivity index is 1.27. The molecule has 0 aliphatic heterocycles. The number of carboxylic acid groups (broad SMARTS) is 1. The zero-order valence-electron chi connectivity index (χ0n) is 20.2. The molecule has 3 atom stereocenters. The van der Waals surface area contributed by atoms with Crippen LogP contribution < -0.4 is 10.6 Å². The molecule has 0 radical (unpaired) electrons. The quantitative estimate of drug-likeness (QED) is 0.485. The average molecular weight is 479 g/mol. The monoisotopic (exact) mass is 478 g/mol. The molecule has 186 valence electrons. The highest BCUT2D eigenvalue weighted by atomic mass is 16.5. The first-order chi connectivity index (χ1) is 17.0. The maximum absolute atomic E-state index is 12.6. The first-order valence-electron chi connectivity index (χ1n) is 12.6. The van der Waals surface area contributed by atoms with E-state index in [9.17, 15) is 19.5 Å². The molecule has 0 bridgehead atoms. The number of nitrogens with one attached hydrogen (secondary N) is 2. The maximum atomic E-state index is 12.6. The number of amides is 2. The van der Waals surface area contributed by atoms with Crippen molar-refractivity contribution in [1.29, 1.82) is 0 Å². The van der Waals surface area contributed by atoms with Gasteiger partial charge in [-0.2, -0.15) is 0 Å². The van der Waals surface area contributed by atoms with Crippen molar-refractivity contribution in [2.24, 2.45) is 11.8 Å². The van der Waals surface area contributed by atoms with Gasteiger partial charge in [0.15, 0.2) is 0 Å². The fraction of sp³-hybridized carbons (Fsp3) is 0.464. The molecule has 3 N–H and O–H groups in total. The number of fused-ring (bicyclic) bond motifs is 3. The van der Waals surface area contributed by atoms with Crippen LogP contribution in [0.25, 0.3) is 11.1 Å². The van der Waals surface area contributed by atoms with Crippen molar-refractivity contribution in [1.82, 2.24) is 10.6 Å². The smallest absolute Gasteiger partial charge is 0.407 e. The molecule has 7 nitrogen and oxygen atoms in total. The zero-order chi connectivity index (χ0) is 24.8. The topological polar surface area (TPSA) is 105 Å². The maximum Gasteiger partial charge on any atom is 0.407 e. The summed E-state index contributed by atoms with van der Waals surface area (Å²) in [6.45, 7) is 2.49.